The molecule has 2 heterocycles. The van der Waals surface area contributed by atoms with Crippen LogP contribution in [0.2, 0.25) is 0 Å². The number of nitrogens with zero attached hydrogens (tertiary/aromatic N) is 3. The maximum absolute atomic E-state index is 12.5. The molecule has 5 heteroatoms. The monoisotopic (exact) mass is 324 g/mol. The van der Waals surface area contributed by atoms with Gasteiger partial charge in [-0.05, 0) is 23.3 Å². The third-order valence-electron chi connectivity index (χ3n) is 4.50. The van der Waals surface area contributed by atoms with Crippen molar-refractivity contribution in [3.05, 3.63) is 66.0 Å². The van der Waals surface area contributed by atoms with Gasteiger partial charge in [-0.1, -0.05) is 30.3 Å². The second-order valence-electron chi connectivity index (χ2n) is 6.23. The maximum atomic E-state index is 12.5. The molecule has 5 nitrogen and oxygen atoms in total. The Morgan fingerprint density at radius 1 is 1.04 bits per heavy atom. The summed E-state index contributed by atoms with van der Waals surface area (Å²) in [5.74, 6) is 0.148. The lowest BCUT2D eigenvalue weighted by Crippen LogP contribution is -2.48. The van der Waals surface area contributed by atoms with E-state index in [0.29, 0.717) is 6.42 Å². The molecule has 0 saturated carbocycles. The Kier molecular flexibility index (Phi) is 5.56. The average molecular weight is 324 g/mol. The highest BCUT2D eigenvalue weighted by atomic mass is 16.2. The first-order valence-corrected chi connectivity index (χ1v) is 8.42. The summed E-state index contributed by atoms with van der Waals surface area (Å²) >= 11 is 0. The molecular weight excluding hydrogens is 300 g/mol. The van der Waals surface area contributed by atoms with E-state index < -0.39 is 0 Å². The highest BCUT2D eigenvalue weighted by Crippen LogP contribution is 2.16. The van der Waals surface area contributed by atoms with Gasteiger partial charge in [0.2, 0.25) is 5.91 Å². The predicted octanol–water partition coefficient (Wildman–Crippen LogP) is 1.82. The zero-order chi connectivity index (χ0) is 16.8. The number of aromatic nitrogens is 1. The van der Waals surface area contributed by atoms with Crippen LogP contribution in [0.15, 0.2) is 54.9 Å². The van der Waals surface area contributed by atoms with Crippen molar-refractivity contribution in [3.8, 4) is 0 Å². The molecule has 1 aliphatic rings. The lowest BCUT2D eigenvalue weighted by Gasteiger charge is -2.35. The maximum Gasteiger partial charge on any atom is 0.224 e. The van der Waals surface area contributed by atoms with Gasteiger partial charge in [0.05, 0.1) is 0 Å². The molecule has 0 bridgehead atoms. The first-order chi connectivity index (χ1) is 11.7. The number of pyridine rings is 1. The zero-order valence-corrected chi connectivity index (χ0v) is 13.8. The number of carbonyl (C=O) groups excluding carboxylic acids is 1. The van der Waals surface area contributed by atoms with Crippen LogP contribution in [-0.2, 0) is 11.3 Å². The van der Waals surface area contributed by atoms with Crippen molar-refractivity contribution in [2.24, 2.45) is 5.73 Å². The Labute approximate surface area is 143 Å². The Hall–Kier alpha value is -2.24. The van der Waals surface area contributed by atoms with Crippen LogP contribution in [-0.4, -0.2) is 46.9 Å². The second-order valence-corrected chi connectivity index (χ2v) is 6.23. The molecule has 1 aliphatic heterocycles. The van der Waals surface area contributed by atoms with Gasteiger partial charge in [-0.2, -0.15) is 0 Å². The highest BCUT2D eigenvalue weighted by Gasteiger charge is 2.22. The molecule has 1 saturated heterocycles. The molecule has 1 aromatic heterocycles. The van der Waals surface area contributed by atoms with E-state index in [1.807, 2.05) is 59.8 Å². The first kappa shape index (κ1) is 16.6. The normalized spacial score (nSPS) is 16.8. The summed E-state index contributed by atoms with van der Waals surface area (Å²) in [7, 11) is 0. The van der Waals surface area contributed by atoms with Gasteiger partial charge in [0, 0.05) is 57.6 Å². The first-order valence-electron chi connectivity index (χ1n) is 8.42. The molecule has 126 valence electrons. The summed E-state index contributed by atoms with van der Waals surface area (Å²) < 4.78 is 0. The van der Waals surface area contributed by atoms with E-state index in [9.17, 15) is 4.79 Å². The molecule has 1 fully saturated rings. The van der Waals surface area contributed by atoms with Gasteiger partial charge in [0.25, 0.3) is 0 Å². The van der Waals surface area contributed by atoms with Crippen LogP contribution < -0.4 is 5.73 Å². The summed E-state index contributed by atoms with van der Waals surface area (Å²) in [5.41, 5.74) is 8.44. The minimum Gasteiger partial charge on any atom is -0.340 e. The van der Waals surface area contributed by atoms with E-state index in [0.717, 1.165) is 38.3 Å². The van der Waals surface area contributed by atoms with Crippen LogP contribution in [0.25, 0.3) is 0 Å². The van der Waals surface area contributed by atoms with Crippen molar-refractivity contribution in [2.45, 2.75) is 19.0 Å². The molecular formula is C19H24N4O. The van der Waals surface area contributed by atoms with Crippen LogP contribution in [0.4, 0.5) is 0 Å². The van der Waals surface area contributed by atoms with Gasteiger partial charge in [-0.25, -0.2) is 0 Å². The van der Waals surface area contributed by atoms with E-state index in [4.69, 9.17) is 5.73 Å². The lowest BCUT2D eigenvalue weighted by atomic mass is 10.0. The summed E-state index contributed by atoms with van der Waals surface area (Å²) in [6, 6.07) is 13.7. The Balaban J connectivity index is 1.47. The molecule has 3 rings (SSSR count). The summed E-state index contributed by atoms with van der Waals surface area (Å²) in [6.45, 7) is 4.24. The Bertz CT molecular complexity index is 639. The van der Waals surface area contributed by atoms with Crippen LogP contribution >= 0.6 is 0 Å². The number of amides is 1. The fourth-order valence-corrected chi connectivity index (χ4v) is 3.04. The van der Waals surface area contributed by atoms with E-state index in [1.165, 1.54) is 5.56 Å². The largest absolute Gasteiger partial charge is 0.340 e. The third kappa shape index (κ3) is 4.40. The average Bonchev–Trinajstić information content (AvgIpc) is 2.64. The van der Waals surface area contributed by atoms with E-state index in [1.54, 1.807) is 0 Å². The van der Waals surface area contributed by atoms with Crippen molar-refractivity contribution in [1.82, 2.24) is 14.8 Å². The Morgan fingerprint density at radius 2 is 1.71 bits per heavy atom. The molecule has 0 spiro atoms. The SMILES string of the molecule is NC(CC(=O)N1CCN(Cc2ccncc2)CC1)c1ccccc1. The van der Waals surface area contributed by atoms with E-state index >= 15 is 0 Å². The number of hydrogen-bond acceptors (Lipinski definition) is 4. The van der Waals surface area contributed by atoms with Gasteiger partial charge in [0.15, 0.2) is 0 Å². The molecule has 2 aromatic rings. The Morgan fingerprint density at radius 3 is 2.38 bits per heavy atom. The van der Waals surface area contributed by atoms with E-state index in [2.05, 4.69) is 9.88 Å². The number of hydrogen-bond donors (Lipinski definition) is 1. The third-order valence-corrected chi connectivity index (χ3v) is 4.50. The van der Waals surface area contributed by atoms with Gasteiger partial charge in [0.1, 0.15) is 0 Å². The van der Waals surface area contributed by atoms with E-state index in [-0.39, 0.29) is 11.9 Å². The molecule has 1 aromatic carbocycles. The highest BCUT2D eigenvalue weighted by molar-refractivity contribution is 5.77. The number of benzene rings is 1. The number of piperazine rings is 1. The number of rotatable bonds is 5. The van der Waals surface area contributed by atoms with Crippen molar-refractivity contribution >= 4 is 5.91 Å². The molecule has 1 amide bonds. The second kappa shape index (κ2) is 8.04. The number of carbonyl (C=O) groups is 1. The smallest absolute Gasteiger partial charge is 0.224 e. The van der Waals surface area contributed by atoms with Crippen LogP contribution in [0.1, 0.15) is 23.6 Å². The summed E-state index contributed by atoms with van der Waals surface area (Å²) in [5, 5.41) is 0. The quantitative estimate of drug-likeness (QED) is 0.911. The van der Waals surface area contributed by atoms with Crippen molar-refractivity contribution in [2.75, 3.05) is 26.2 Å². The fourth-order valence-electron chi connectivity index (χ4n) is 3.04. The van der Waals surface area contributed by atoms with Crippen molar-refractivity contribution in [3.63, 3.8) is 0 Å². The van der Waals surface area contributed by atoms with Crippen LogP contribution in [0, 0.1) is 0 Å². The van der Waals surface area contributed by atoms with Gasteiger partial charge < -0.3 is 10.6 Å². The van der Waals surface area contributed by atoms with Crippen molar-refractivity contribution in [1.29, 1.82) is 0 Å². The van der Waals surface area contributed by atoms with Gasteiger partial charge in [-0.15, -0.1) is 0 Å². The van der Waals surface area contributed by atoms with Gasteiger partial charge >= 0.3 is 0 Å². The molecule has 0 aliphatic carbocycles. The van der Waals surface area contributed by atoms with Crippen LogP contribution in [0.5, 0.6) is 0 Å². The van der Waals surface area contributed by atoms with Crippen LogP contribution in [0.3, 0.4) is 0 Å². The minimum absolute atomic E-state index is 0.148. The lowest BCUT2D eigenvalue weighted by molar-refractivity contribution is -0.133. The fraction of sp³-hybridized carbons (Fsp3) is 0.368. The zero-order valence-electron chi connectivity index (χ0n) is 13.8. The number of nitrogens with two attached hydrogens (primary N) is 1. The molecule has 2 N–H and O–H groups in total. The summed E-state index contributed by atoms with van der Waals surface area (Å²) in [4.78, 5) is 20.8. The molecule has 24 heavy (non-hydrogen) atoms. The minimum atomic E-state index is -0.228. The standard InChI is InChI=1S/C19H24N4O/c20-18(17-4-2-1-3-5-17)14-19(24)23-12-10-22(11-13-23)15-16-6-8-21-9-7-16/h1-9,18H,10-15,20H2. The summed E-state index contributed by atoms with van der Waals surface area (Å²) in [6.07, 6.45) is 4.01. The molecule has 1 unspecified atom stereocenters. The predicted molar refractivity (Wildman–Crippen MR) is 94.1 cm³/mol. The van der Waals surface area contributed by atoms with Crippen molar-refractivity contribution < 1.29 is 4.79 Å². The molecule has 1 atom stereocenters. The topological polar surface area (TPSA) is 62.5 Å². The van der Waals surface area contributed by atoms with Gasteiger partial charge in [-0.3, -0.25) is 14.7 Å². The molecule has 0 radical (unpaired) electrons.